The average molecular weight is 376 g/mol. The zero-order valence-corrected chi connectivity index (χ0v) is 16.0. The Bertz CT molecular complexity index is 733. The van der Waals surface area contributed by atoms with Crippen LogP contribution in [0.1, 0.15) is 19.4 Å². The summed E-state index contributed by atoms with van der Waals surface area (Å²) >= 11 is 0. The lowest BCUT2D eigenvalue weighted by Gasteiger charge is -2.21. The van der Waals surface area contributed by atoms with Gasteiger partial charge in [-0.2, -0.15) is 0 Å². The van der Waals surface area contributed by atoms with Crippen molar-refractivity contribution in [2.45, 2.75) is 20.3 Å². The first kappa shape index (κ1) is 20.4. The van der Waals surface area contributed by atoms with Gasteiger partial charge in [-0.3, -0.25) is 9.36 Å². The summed E-state index contributed by atoms with van der Waals surface area (Å²) in [5, 5.41) is 9.53. The number of carboxylic acid groups (broad SMARTS) is 1. The molecule has 140 valence electrons. The molecule has 1 N–H and O–H groups in total. The summed E-state index contributed by atoms with van der Waals surface area (Å²) < 4.78 is 23.1. The van der Waals surface area contributed by atoms with Gasteiger partial charge in [0.1, 0.15) is 0 Å². The highest BCUT2D eigenvalue weighted by Crippen LogP contribution is 2.50. The van der Waals surface area contributed by atoms with Gasteiger partial charge in [-0.05, 0) is 37.0 Å². The van der Waals surface area contributed by atoms with E-state index in [0.717, 1.165) is 16.7 Å². The van der Waals surface area contributed by atoms with Crippen LogP contribution in [0, 0.1) is 5.92 Å². The van der Waals surface area contributed by atoms with Crippen molar-refractivity contribution in [1.29, 1.82) is 0 Å². The topological polar surface area (TPSA) is 72.8 Å². The van der Waals surface area contributed by atoms with Gasteiger partial charge in [0.2, 0.25) is 0 Å². The molecule has 1 atom stereocenters. The van der Waals surface area contributed by atoms with Crippen molar-refractivity contribution in [2.75, 3.05) is 19.4 Å². The second kappa shape index (κ2) is 9.67. The number of benzene rings is 2. The molecule has 2 rings (SSSR count). The van der Waals surface area contributed by atoms with Crippen LogP contribution in [0.2, 0.25) is 0 Å². The quantitative estimate of drug-likeness (QED) is 0.599. The number of aliphatic carboxylic acids is 1. The minimum Gasteiger partial charge on any atom is -0.481 e. The maximum Gasteiger partial charge on any atom is 0.331 e. The van der Waals surface area contributed by atoms with Crippen LogP contribution < -0.4 is 0 Å². The van der Waals surface area contributed by atoms with Gasteiger partial charge < -0.3 is 14.2 Å². The fraction of sp³-hybridized carbons (Fsp3) is 0.350. The van der Waals surface area contributed by atoms with E-state index in [1.54, 1.807) is 13.8 Å². The lowest BCUT2D eigenvalue weighted by atomic mass is 9.98. The van der Waals surface area contributed by atoms with Gasteiger partial charge in [0.25, 0.3) is 0 Å². The maximum absolute atomic E-state index is 12.6. The third kappa shape index (κ3) is 5.80. The van der Waals surface area contributed by atoms with Crippen molar-refractivity contribution in [3.05, 3.63) is 60.2 Å². The van der Waals surface area contributed by atoms with Crippen LogP contribution in [0.5, 0.6) is 0 Å². The van der Waals surface area contributed by atoms with E-state index in [1.807, 2.05) is 54.6 Å². The Hall–Kier alpha value is -1.94. The molecule has 0 bridgehead atoms. The molecule has 2 aromatic rings. The summed E-state index contributed by atoms with van der Waals surface area (Å²) in [5.74, 6) is -1.83. The van der Waals surface area contributed by atoms with Gasteiger partial charge in [-0.25, -0.2) is 0 Å². The molecule has 26 heavy (non-hydrogen) atoms. The van der Waals surface area contributed by atoms with Crippen LogP contribution in [0.3, 0.4) is 0 Å². The van der Waals surface area contributed by atoms with Crippen LogP contribution >= 0.6 is 7.60 Å². The molecule has 0 amide bonds. The van der Waals surface area contributed by atoms with E-state index in [-0.39, 0.29) is 25.8 Å². The van der Waals surface area contributed by atoms with E-state index in [9.17, 15) is 14.5 Å². The highest BCUT2D eigenvalue weighted by atomic mass is 31.2. The molecule has 2 aromatic carbocycles. The first-order valence-electron chi connectivity index (χ1n) is 8.72. The van der Waals surface area contributed by atoms with Gasteiger partial charge in [0.15, 0.2) is 0 Å². The molecule has 0 aliphatic carbocycles. The zero-order chi connectivity index (χ0) is 19.0. The van der Waals surface area contributed by atoms with E-state index in [0.29, 0.717) is 0 Å². The Balaban J connectivity index is 2.12. The van der Waals surface area contributed by atoms with E-state index >= 15 is 0 Å². The van der Waals surface area contributed by atoms with Gasteiger partial charge in [-0.1, -0.05) is 54.6 Å². The molecule has 0 saturated heterocycles. The van der Waals surface area contributed by atoms with Crippen LogP contribution in [0.15, 0.2) is 54.6 Å². The number of carbonyl (C=O) groups is 1. The van der Waals surface area contributed by atoms with Crippen molar-refractivity contribution in [3.8, 4) is 11.1 Å². The molecule has 6 heteroatoms. The Morgan fingerprint density at radius 1 is 0.962 bits per heavy atom. The third-order valence-corrected chi connectivity index (χ3v) is 6.18. The summed E-state index contributed by atoms with van der Waals surface area (Å²) in [6.45, 7) is 3.86. The molecule has 0 aliphatic rings. The summed E-state index contributed by atoms with van der Waals surface area (Å²) in [7, 11) is -3.40. The van der Waals surface area contributed by atoms with E-state index in [4.69, 9.17) is 9.05 Å². The fourth-order valence-electron chi connectivity index (χ4n) is 2.78. The molecule has 0 saturated carbocycles. The summed E-state index contributed by atoms with van der Waals surface area (Å²) in [6, 6.07) is 17.7. The molecule has 0 aromatic heterocycles. The second-order valence-corrected chi connectivity index (χ2v) is 8.03. The van der Waals surface area contributed by atoms with Crippen LogP contribution in [-0.4, -0.2) is 30.5 Å². The predicted octanol–water partition coefficient (Wildman–Crippen LogP) is 4.86. The number of hydrogen-bond donors (Lipinski definition) is 1. The normalized spacial score (nSPS) is 12.7. The highest BCUT2D eigenvalue weighted by molar-refractivity contribution is 7.53. The zero-order valence-electron chi connectivity index (χ0n) is 15.1. The first-order chi connectivity index (χ1) is 12.5. The number of carboxylic acids is 1. The Morgan fingerprint density at radius 3 is 2.00 bits per heavy atom. The monoisotopic (exact) mass is 376 g/mol. The molecule has 0 heterocycles. The molecule has 0 radical (unpaired) electrons. The van der Waals surface area contributed by atoms with Crippen molar-refractivity contribution in [2.24, 2.45) is 5.92 Å². The summed E-state index contributed by atoms with van der Waals surface area (Å²) in [6.07, 6.45) is 0.138. The summed E-state index contributed by atoms with van der Waals surface area (Å²) in [5.41, 5.74) is 3.04. The van der Waals surface area contributed by atoms with E-state index < -0.39 is 19.5 Å². The minimum atomic E-state index is -3.40. The molecule has 5 nitrogen and oxygen atoms in total. The van der Waals surface area contributed by atoms with Crippen LogP contribution in [0.4, 0.5) is 0 Å². The van der Waals surface area contributed by atoms with Crippen LogP contribution in [-0.2, 0) is 24.8 Å². The maximum atomic E-state index is 12.6. The molecular formula is C20H25O5P. The lowest BCUT2D eigenvalue weighted by Crippen LogP contribution is -2.22. The van der Waals surface area contributed by atoms with E-state index in [2.05, 4.69) is 0 Å². The smallest absolute Gasteiger partial charge is 0.331 e. The molecule has 0 aliphatic heterocycles. The fourth-order valence-corrected chi connectivity index (χ4v) is 4.68. The van der Waals surface area contributed by atoms with Crippen molar-refractivity contribution in [3.63, 3.8) is 0 Å². The Labute approximate surface area is 154 Å². The van der Waals surface area contributed by atoms with E-state index in [1.165, 1.54) is 0 Å². The summed E-state index contributed by atoms with van der Waals surface area (Å²) in [4.78, 5) is 11.6. The van der Waals surface area contributed by atoms with Crippen molar-refractivity contribution < 1.29 is 23.5 Å². The second-order valence-electron chi connectivity index (χ2n) is 5.93. The number of rotatable bonds is 10. The van der Waals surface area contributed by atoms with Gasteiger partial charge >= 0.3 is 13.6 Å². The van der Waals surface area contributed by atoms with Crippen molar-refractivity contribution >= 4 is 13.6 Å². The lowest BCUT2D eigenvalue weighted by molar-refractivity contribution is -0.141. The Kier molecular flexibility index (Phi) is 7.58. The molecule has 0 fully saturated rings. The van der Waals surface area contributed by atoms with Crippen LogP contribution in [0.25, 0.3) is 11.1 Å². The van der Waals surface area contributed by atoms with Gasteiger partial charge in [0, 0.05) is 0 Å². The highest BCUT2D eigenvalue weighted by Gasteiger charge is 2.32. The third-order valence-electron chi connectivity index (χ3n) is 3.99. The largest absolute Gasteiger partial charge is 0.481 e. The predicted molar refractivity (Wildman–Crippen MR) is 102 cm³/mol. The first-order valence-corrected chi connectivity index (χ1v) is 10.5. The SMILES string of the molecule is CCOP(=O)(CC(Cc1ccc(-c2ccccc2)cc1)C(=O)O)OCC. The molecule has 1 unspecified atom stereocenters. The molecule has 0 spiro atoms. The van der Waals surface area contributed by atoms with Gasteiger partial charge in [-0.15, -0.1) is 0 Å². The Morgan fingerprint density at radius 2 is 1.50 bits per heavy atom. The average Bonchev–Trinajstić information content (AvgIpc) is 2.63. The molecular weight excluding hydrogens is 351 g/mol. The van der Waals surface area contributed by atoms with Crippen molar-refractivity contribution in [1.82, 2.24) is 0 Å². The van der Waals surface area contributed by atoms with Gasteiger partial charge in [0.05, 0.1) is 25.3 Å². The minimum absolute atomic E-state index is 0.134. The number of hydrogen-bond acceptors (Lipinski definition) is 4. The standard InChI is InChI=1S/C20H25O5P/c1-3-24-26(23,25-4-2)15-19(20(21)22)14-16-10-12-18(13-11-16)17-8-6-5-7-9-17/h5-13,19H,3-4,14-15H2,1-2H3,(H,21,22).